The summed E-state index contributed by atoms with van der Waals surface area (Å²) >= 11 is 1.84. The predicted octanol–water partition coefficient (Wildman–Crippen LogP) is 8.48. The highest BCUT2D eigenvalue weighted by molar-refractivity contribution is 7.26. The van der Waals surface area contributed by atoms with Crippen molar-refractivity contribution in [2.75, 3.05) is 4.81 Å². The fraction of sp³-hybridized carbons (Fsp3) is 0. The minimum absolute atomic E-state index is 0.240. The number of nitrogens with zero attached hydrogens (tertiary/aromatic N) is 3. The Labute approximate surface area is 313 Å². The van der Waals surface area contributed by atoms with Gasteiger partial charge in [0.25, 0.3) is 0 Å². The molecule has 0 amide bonds. The van der Waals surface area contributed by atoms with Crippen LogP contribution in [0.15, 0.2) is 158 Å². The molecule has 0 atom stereocenters. The smallest absolute Gasteiger partial charge is 0.332 e. The molecule has 1 aliphatic heterocycles. The number of aromatic nitrogens is 2. The van der Waals surface area contributed by atoms with E-state index in [1.807, 2.05) is 41.7 Å². The second-order valence-corrected chi connectivity index (χ2v) is 14.8. The zero-order valence-corrected chi connectivity index (χ0v) is 29.3. The molecule has 3 heterocycles. The van der Waals surface area contributed by atoms with E-state index < -0.39 is 0 Å². The van der Waals surface area contributed by atoms with Crippen LogP contribution in [0.25, 0.3) is 75.0 Å². The third-order valence-corrected chi connectivity index (χ3v) is 11.9. The highest BCUT2D eigenvalue weighted by Crippen LogP contribution is 2.54. The minimum atomic E-state index is -0.240. The van der Waals surface area contributed by atoms with Crippen LogP contribution in [-0.4, -0.2) is 32.5 Å². The van der Waals surface area contributed by atoms with Crippen molar-refractivity contribution in [1.29, 1.82) is 0 Å². The number of anilines is 2. The summed E-state index contributed by atoms with van der Waals surface area (Å²) in [5, 5.41) is 8.32. The van der Waals surface area contributed by atoms with Gasteiger partial charge in [-0.15, -0.1) is 11.3 Å². The van der Waals surface area contributed by atoms with E-state index in [1.54, 1.807) is 0 Å². The molecule has 0 unspecified atom stereocenters. The monoisotopic (exact) mass is 685 g/mol. The fourth-order valence-corrected chi connectivity index (χ4v) is 9.81. The van der Waals surface area contributed by atoms with E-state index in [0.29, 0.717) is 16.9 Å². The summed E-state index contributed by atoms with van der Waals surface area (Å²) in [6, 6.07) is 55.7. The van der Waals surface area contributed by atoms with Gasteiger partial charge in [0.1, 0.15) is 15.7 Å². The van der Waals surface area contributed by atoms with E-state index >= 15 is 0 Å². The van der Waals surface area contributed by atoms with Crippen molar-refractivity contribution in [1.82, 2.24) is 9.97 Å². The number of rotatable bonds is 3. The summed E-state index contributed by atoms with van der Waals surface area (Å²) in [7, 11) is 12.9. The van der Waals surface area contributed by atoms with E-state index in [0.717, 1.165) is 33.3 Å². The molecule has 10 aromatic rings. The topological polar surface area (TPSA) is 29.0 Å². The van der Waals surface area contributed by atoms with Crippen molar-refractivity contribution >= 4 is 120 Å². The molecular formula is C46H26B3N3S. The highest BCUT2D eigenvalue weighted by atomic mass is 32.1. The highest BCUT2D eigenvalue weighted by Gasteiger charge is 2.42. The molecule has 240 valence electrons. The first kappa shape index (κ1) is 30.5. The molecule has 0 saturated carbocycles. The van der Waals surface area contributed by atoms with Gasteiger partial charge in [0.15, 0.2) is 0 Å². The van der Waals surface area contributed by atoms with Gasteiger partial charge < -0.3 is 4.81 Å². The first-order valence-electron chi connectivity index (χ1n) is 17.8. The first-order valence-corrected chi connectivity index (χ1v) is 18.6. The second kappa shape index (κ2) is 11.7. The Morgan fingerprint density at radius 2 is 1.26 bits per heavy atom. The van der Waals surface area contributed by atoms with Crippen LogP contribution in [0.3, 0.4) is 0 Å². The molecular weight excluding hydrogens is 659 g/mol. The molecule has 0 N–H and O–H groups in total. The van der Waals surface area contributed by atoms with Crippen molar-refractivity contribution in [3.8, 4) is 22.4 Å². The lowest BCUT2D eigenvalue weighted by Gasteiger charge is -2.39. The van der Waals surface area contributed by atoms with Crippen LogP contribution in [0, 0.1) is 0 Å². The molecule has 53 heavy (non-hydrogen) atoms. The number of hydrogen-bond donors (Lipinski definition) is 0. The molecule has 4 radical (unpaired) electrons. The molecule has 0 saturated heterocycles. The fourth-order valence-electron chi connectivity index (χ4n) is 8.54. The Bertz CT molecular complexity index is 3120. The van der Waals surface area contributed by atoms with Crippen molar-refractivity contribution in [2.45, 2.75) is 0 Å². The average Bonchev–Trinajstić information content (AvgIpc) is 3.60. The summed E-state index contributed by atoms with van der Waals surface area (Å²) in [6.45, 7) is -0.240. The molecule has 0 bridgehead atoms. The van der Waals surface area contributed by atoms with Gasteiger partial charge in [0.05, 0.1) is 21.6 Å². The van der Waals surface area contributed by atoms with Gasteiger partial charge in [-0.1, -0.05) is 162 Å². The van der Waals surface area contributed by atoms with E-state index in [4.69, 9.17) is 25.7 Å². The van der Waals surface area contributed by atoms with E-state index in [1.165, 1.54) is 58.3 Å². The number of benzene rings is 8. The van der Waals surface area contributed by atoms with Gasteiger partial charge in [-0.3, -0.25) is 0 Å². The Morgan fingerprint density at radius 3 is 2.09 bits per heavy atom. The lowest BCUT2D eigenvalue weighted by Crippen LogP contribution is -2.58. The number of para-hydroxylation sites is 1. The summed E-state index contributed by atoms with van der Waals surface area (Å²) in [6.07, 6.45) is 0. The van der Waals surface area contributed by atoms with Crippen LogP contribution in [0.5, 0.6) is 0 Å². The predicted molar refractivity (Wildman–Crippen MR) is 229 cm³/mol. The standard InChI is InChI=1S/C46H26B3N3S/c47-28-23-24-33(36(48)26-28)43-34-18-8-10-20-38(34)50-46(51-43)52-44-42(32-17-7-6-16-31(32)40-35-19-9-11-21-39(35)53-45(40)44)41-30-15-5-4-12-27(30)22-25-37(41)49(52)29-13-2-1-3-14-29/h1-26H. The third-order valence-electron chi connectivity index (χ3n) is 10.8. The van der Waals surface area contributed by atoms with Crippen LogP contribution in [-0.2, 0) is 0 Å². The molecule has 0 fully saturated rings. The average molecular weight is 685 g/mol. The molecule has 0 aliphatic carbocycles. The minimum Gasteiger partial charge on any atom is -0.344 e. The number of thiophene rings is 1. The number of hydrogen-bond acceptors (Lipinski definition) is 4. The van der Waals surface area contributed by atoms with Gasteiger partial charge in [-0.2, -0.15) is 0 Å². The SMILES string of the molecule is [B]c1ccc(-c2nc(N3B(c4ccccc4)c4ccc5ccccc5c4-c4c3c3sc5ccccc5c3c3ccccc43)nc3ccccc23)c([B])c1. The summed E-state index contributed by atoms with van der Waals surface area (Å²) in [4.78, 5) is 13.4. The Morgan fingerprint density at radius 1 is 0.566 bits per heavy atom. The Hall–Kier alpha value is -6.17. The molecule has 8 aromatic carbocycles. The van der Waals surface area contributed by atoms with Crippen molar-refractivity contribution in [3.05, 3.63) is 158 Å². The molecule has 7 heteroatoms. The largest absolute Gasteiger partial charge is 0.344 e. The van der Waals surface area contributed by atoms with E-state index in [2.05, 4.69) is 132 Å². The molecule has 0 spiro atoms. The Kier molecular flexibility index (Phi) is 6.71. The maximum atomic E-state index is 6.71. The summed E-state index contributed by atoms with van der Waals surface area (Å²) in [5.74, 6) is 0.609. The molecule has 1 aliphatic rings. The summed E-state index contributed by atoms with van der Waals surface area (Å²) in [5.41, 5.74) is 9.56. The van der Waals surface area contributed by atoms with Gasteiger partial charge in [0, 0.05) is 26.4 Å². The van der Waals surface area contributed by atoms with Gasteiger partial charge in [-0.25, -0.2) is 9.97 Å². The summed E-state index contributed by atoms with van der Waals surface area (Å²) < 4.78 is 2.46. The van der Waals surface area contributed by atoms with Crippen LogP contribution < -0.4 is 26.7 Å². The van der Waals surface area contributed by atoms with Crippen LogP contribution >= 0.6 is 11.3 Å². The number of fused-ring (bicyclic) bond motifs is 13. The van der Waals surface area contributed by atoms with Gasteiger partial charge >= 0.3 is 6.85 Å². The normalized spacial score (nSPS) is 12.6. The van der Waals surface area contributed by atoms with Crippen molar-refractivity contribution in [3.63, 3.8) is 0 Å². The maximum absolute atomic E-state index is 6.71. The quantitative estimate of drug-likeness (QED) is 0.175. The van der Waals surface area contributed by atoms with Gasteiger partial charge in [-0.05, 0) is 50.3 Å². The first-order chi connectivity index (χ1) is 26.1. The molecule has 2 aromatic heterocycles. The molecule has 11 rings (SSSR count). The van der Waals surface area contributed by atoms with Crippen molar-refractivity contribution in [2.24, 2.45) is 0 Å². The molecule has 3 nitrogen and oxygen atoms in total. The van der Waals surface area contributed by atoms with Gasteiger partial charge in [0.2, 0.25) is 5.95 Å². The van der Waals surface area contributed by atoms with Crippen LogP contribution in [0.1, 0.15) is 0 Å². The lowest BCUT2D eigenvalue weighted by molar-refractivity contribution is 1.16. The zero-order valence-electron chi connectivity index (χ0n) is 28.5. The van der Waals surface area contributed by atoms with Crippen LogP contribution in [0.4, 0.5) is 11.6 Å². The Balaban J connectivity index is 1.36. The third kappa shape index (κ3) is 4.50. The van der Waals surface area contributed by atoms with E-state index in [9.17, 15) is 0 Å². The van der Waals surface area contributed by atoms with E-state index in [-0.39, 0.29) is 6.85 Å². The zero-order chi connectivity index (χ0) is 35.2. The van der Waals surface area contributed by atoms with Crippen LogP contribution in [0.2, 0.25) is 0 Å². The lowest BCUT2D eigenvalue weighted by atomic mass is 9.45. The maximum Gasteiger partial charge on any atom is 0.332 e. The van der Waals surface area contributed by atoms with Crippen molar-refractivity contribution < 1.29 is 0 Å². The second-order valence-electron chi connectivity index (χ2n) is 13.7.